The van der Waals surface area contributed by atoms with E-state index in [4.69, 9.17) is 11.6 Å². The Morgan fingerprint density at radius 3 is 2.57 bits per heavy atom. The summed E-state index contributed by atoms with van der Waals surface area (Å²) in [7, 11) is 0. The second kappa shape index (κ2) is 7.25. The van der Waals surface area contributed by atoms with Crippen molar-refractivity contribution in [2.24, 2.45) is 0 Å². The first-order valence-electron chi connectivity index (χ1n) is 6.61. The number of halogens is 3. The van der Waals surface area contributed by atoms with Crippen molar-refractivity contribution in [2.45, 2.75) is 36.2 Å². The summed E-state index contributed by atoms with van der Waals surface area (Å²) in [5.41, 5.74) is 0.918. The Morgan fingerprint density at radius 1 is 1.14 bits per heavy atom. The fourth-order valence-corrected chi connectivity index (χ4v) is 3.07. The molecule has 1 nitrogen and oxygen atoms in total. The number of benzene rings is 2. The summed E-state index contributed by atoms with van der Waals surface area (Å²) in [5, 5.41) is 3.94. The molecule has 0 heterocycles. The van der Waals surface area contributed by atoms with Gasteiger partial charge in [-0.05, 0) is 29.8 Å². The average Bonchev–Trinajstić information content (AvgIpc) is 2.41. The molecule has 2 aromatic rings. The first-order valence-corrected chi connectivity index (χ1v) is 7.80. The van der Waals surface area contributed by atoms with Crippen LogP contribution in [0.15, 0.2) is 46.2 Å². The third-order valence-electron chi connectivity index (χ3n) is 2.88. The maximum absolute atomic E-state index is 13.8. The van der Waals surface area contributed by atoms with Gasteiger partial charge in [-0.25, -0.2) is 8.78 Å². The summed E-state index contributed by atoms with van der Waals surface area (Å²) in [6.45, 7) is 4.69. The van der Waals surface area contributed by atoms with Crippen LogP contribution in [0.5, 0.6) is 0 Å². The lowest BCUT2D eigenvalue weighted by atomic mass is 10.2. The number of hydrogen-bond donors (Lipinski definition) is 1. The zero-order valence-electron chi connectivity index (χ0n) is 11.8. The molecule has 0 atom stereocenters. The van der Waals surface area contributed by atoms with E-state index in [1.54, 1.807) is 0 Å². The van der Waals surface area contributed by atoms with Gasteiger partial charge in [-0.15, -0.1) is 0 Å². The van der Waals surface area contributed by atoms with Gasteiger partial charge < -0.3 is 5.32 Å². The quantitative estimate of drug-likeness (QED) is 0.803. The maximum atomic E-state index is 13.8. The second-order valence-electron chi connectivity index (χ2n) is 4.93. The van der Waals surface area contributed by atoms with Crippen LogP contribution in [-0.2, 0) is 6.54 Å². The van der Waals surface area contributed by atoms with Gasteiger partial charge in [-0.2, -0.15) is 0 Å². The van der Waals surface area contributed by atoms with Crippen LogP contribution in [0, 0.1) is 11.6 Å². The topological polar surface area (TPSA) is 12.0 Å². The van der Waals surface area contributed by atoms with Crippen LogP contribution in [-0.4, -0.2) is 6.04 Å². The van der Waals surface area contributed by atoms with Gasteiger partial charge in [0.15, 0.2) is 0 Å². The first-order chi connectivity index (χ1) is 9.97. The molecule has 0 aromatic heterocycles. The summed E-state index contributed by atoms with van der Waals surface area (Å²) in [5.74, 6) is -1.15. The van der Waals surface area contributed by atoms with Crippen LogP contribution in [0.1, 0.15) is 19.4 Å². The summed E-state index contributed by atoms with van der Waals surface area (Å²) < 4.78 is 26.7. The summed E-state index contributed by atoms with van der Waals surface area (Å²) >= 11 is 7.49. The first kappa shape index (κ1) is 16.3. The molecular formula is C16H16ClF2NS. The molecule has 0 bridgehead atoms. The van der Waals surface area contributed by atoms with Gasteiger partial charge >= 0.3 is 0 Å². The molecule has 1 N–H and O–H groups in total. The third-order valence-corrected chi connectivity index (χ3v) is 4.38. The van der Waals surface area contributed by atoms with Gasteiger partial charge in [0.25, 0.3) is 0 Å². The molecule has 0 saturated heterocycles. The Bertz CT molecular complexity index is 632. The minimum absolute atomic E-state index is 0.321. The van der Waals surface area contributed by atoms with E-state index in [1.807, 2.05) is 32.0 Å². The Morgan fingerprint density at radius 2 is 1.90 bits per heavy atom. The number of rotatable bonds is 5. The van der Waals surface area contributed by atoms with Crippen molar-refractivity contribution in [1.82, 2.24) is 5.32 Å². The van der Waals surface area contributed by atoms with Crippen molar-refractivity contribution in [3.05, 3.63) is 58.6 Å². The normalized spacial score (nSPS) is 11.1. The van der Waals surface area contributed by atoms with Crippen molar-refractivity contribution in [2.75, 3.05) is 0 Å². The van der Waals surface area contributed by atoms with Gasteiger partial charge in [0.05, 0.1) is 0 Å². The van der Waals surface area contributed by atoms with E-state index in [0.29, 0.717) is 22.5 Å². The predicted molar refractivity (Wildman–Crippen MR) is 83.9 cm³/mol. The Labute approximate surface area is 132 Å². The minimum atomic E-state index is -0.579. The molecule has 5 heteroatoms. The van der Waals surface area contributed by atoms with E-state index >= 15 is 0 Å². The van der Waals surface area contributed by atoms with Crippen LogP contribution in [0.4, 0.5) is 8.78 Å². The molecule has 21 heavy (non-hydrogen) atoms. The molecule has 0 radical (unpaired) electrons. The van der Waals surface area contributed by atoms with Crippen molar-refractivity contribution in [1.29, 1.82) is 0 Å². The summed E-state index contributed by atoms with van der Waals surface area (Å²) in [6.07, 6.45) is 0. The Kier molecular flexibility index (Phi) is 5.62. The van der Waals surface area contributed by atoms with Gasteiger partial charge in [0.2, 0.25) is 0 Å². The fourth-order valence-electron chi connectivity index (χ4n) is 1.79. The molecule has 112 valence electrons. The lowest BCUT2D eigenvalue weighted by Gasteiger charge is -2.14. The minimum Gasteiger partial charge on any atom is -0.310 e. The largest absolute Gasteiger partial charge is 0.310 e. The SMILES string of the molecule is CC(C)NCc1c(Cl)cccc1Sc1ccc(F)cc1F. The highest BCUT2D eigenvalue weighted by molar-refractivity contribution is 7.99. The smallest absolute Gasteiger partial charge is 0.140 e. The molecule has 0 fully saturated rings. The van der Waals surface area contributed by atoms with E-state index in [-0.39, 0.29) is 0 Å². The van der Waals surface area contributed by atoms with Crippen LogP contribution < -0.4 is 5.32 Å². The monoisotopic (exact) mass is 327 g/mol. The molecule has 0 aliphatic carbocycles. The van der Waals surface area contributed by atoms with E-state index in [0.717, 1.165) is 16.5 Å². The average molecular weight is 328 g/mol. The molecule has 2 aromatic carbocycles. The van der Waals surface area contributed by atoms with Crippen LogP contribution >= 0.6 is 23.4 Å². The lowest BCUT2D eigenvalue weighted by molar-refractivity contribution is 0.565. The number of nitrogens with one attached hydrogen (secondary N) is 1. The Balaban J connectivity index is 2.28. The predicted octanol–water partition coefficient (Wildman–Crippen LogP) is 5.27. The standard InChI is InChI=1S/C16H16ClF2NS/c1-10(2)20-9-12-13(17)4-3-5-15(12)21-16-7-6-11(18)8-14(16)19/h3-8,10,20H,9H2,1-2H3. The molecule has 0 spiro atoms. The molecule has 0 aliphatic rings. The van der Waals surface area contributed by atoms with Crippen molar-refractivity contribution in [3.63, 3.8) is 0 Å². The van der Waals surface area contributed by atoms with Crippen molar-refractivity contribution < 1.29 is 8.78 Å². The van der Waals surface area contributed by atoms with E-state index < -0.39 is 11.6 Å². The second-order valence-corrected chi connectivity index (χ2v) is 6.42. The molecule has 0 saturated carbocycles. The molecular weight excluding hydrogens is 312 g/mol. The molecule has 0 amide bonds. The van der Waals surface area contributed by atoms with Crippen molar-refractivity contribution >= 4 is 23.4 Å². The maximum Gasteiger partial charge on any atom is 0.140 e. The summed E-state index contributed by atoms with van der Waals surface area (Å²) in [6, 6.07) is 9.42. The van der Waals surface area contributed by atoms with Crippen molar-refractivity contribution in [3.8, 4) is 0 Å². The Hall–Kier alpha value is -1.10. The van der Waals surface area contributed by atoms with Gasteiger partial charge in [-0.1, -0.05) is 43.3 Å². The van der Waals surface area contributed by atoms with Gasteiger partial charge in [0.1, 0.15) is 11.6 Å². The number of hydrogen-bond acceptors (Lipinski definition) is 2. The van der Waals surface area contributed by atoms with E-state index in [9.17, 15) is 8.78 Å². The zero-order valence-corrected chi connectivity index (χ0v) is 13.4. The highest BCUT2D eigenvalue weighted by Gasteiger charge is 2.12. The lowest BCUT2D eigenvalue weighted by Crippen LogP contribution is -2.22. The fraction of sp³-hybridized carbons (Fsp3) is 0.250. The van der Waals surface area contributed by atoms with Crippen LogP contribution in [0.25, 0.3) is 0 Å². The molecule has 0 unspecified atom stereocenters. The van der Waals surface area contributed by atoms with Crippen LogP contribution in [0.2, 0.25) is 5.02 Å². The van der Waals surface area contributed by atoms with Gasteiger partial charge in [0, 0.05) is 33.5 Å². The molecule has 2 rings (SSSR count). The summed E-state index contributed by atoms with van der Waals surface area (Å²) in [4.78, 5) is 1.24. The van der Waals surface area contributed by atoms with Gasteiger partial charge in [-0.3, -0.25) is 0 Å². The highest BCUT2D eigenvalue weighted by Crippen LogP contribution is 2.35. The van der Waals surface area contributed by atoms with Crippen LogP contribution in [0.3, 0.4) is 0 Å². The van der Waals surface area contributed by atoms with E-state index in [2.05, 4.69) is 5.32 Å². The highest BCUT2D eigenvalue weighted by atomic mass is 35.5. The zero-order chi connectivity index (χ0) is 15.4. The molecule has 0 aliphatic heterocycles. The van der Waals surface area contributed by atoms with E-state index in [1.165, 1.54) is 23.9 Å². The third kappa shape index (κ3) is 4.43.